The van der Waals surface area contributed by atoms with Gasteiger partial charge in [-0.2, -0.15) is 0 Å². The first-order chi connectivity index (χ1) is 14.0. The zero-order valence-electron chi connectivity index (χ0n) is 17.9. The van der Waals surface area contributed by atoms with Crippen molar-refractivity contribution in [1.82, 2.24) is 14.8 Å². The Labute approximate surface area is 174 Å². The fourth-order valence-corrected chi connectivity index (χ4v) is 4.40. The quantitative estimate of drug-likeness (QED) is 0.772. The summed E-state index contributed by atoms with van der Waals surface area (Å²) in [6, 6.07) is 10.5. The molecular weight excluding hydrogens is 362 g/mol. The standard InChI is InChI=1S/C24H33N3O2/c1-17(2)26-15-11-20(12-16-26)29-22-6-4-5-19-7-8-21(25-23(19)22)24(28)27-13-9-18(3)10-14-27/h4-8,17-18,20H,9-16H2,1-3H3. The lowest BCUT2D eigenvalue weighted by atomic mass is 9.99. The van der Waals surface area contributed by atoms with E-state index in [1.54, 1.807) is 0 Å². The molecule has 0 bridgehead atoms. The Hall–Kier alpha value is -2.14. The van der Waals surface area contributed by atoms with E-state index in [1.807, 2.05) is 35.2 Å². The third-order valence-electron chi connectivity index (χ3n) is 6.47. The lowest BCUT2D eigenvalue weighted by Crippen LogP contribution is -2.41. The van der Waals surface area contributed by atoms with Gasteiger partial charge in [0.05, 0.1) is 0 Å². The first kappa shape index (κ1) is 20.1. The third-order valence-corrected chi connectivity index (χ3v) is 6.47. The lowest BCUT2D eigenvalue weighted by molar-refractivity contribution is 0.0691. The number of nitrogens with zero attached hydrogens (tertiary/aromatic N) is 3. The van der Waals surface area contributed by atoms with Gasteiger partial charge in [0, 0.05) is 37.6 Å². The third kappa shape index (κ3) is 4.55. The van der Waals surface area contributed by atoms with Gasteiger partial charge in [-0.05, 0) is 57.6 Å². The molecule has 0 unspecified atom stereocenters. The number of amides is 1. The molecular formula is C24H33N3O2. The number of fused-ring (bicyclic) bond motifs is 1. The molecule has 29 heavy (non-hydrogen) atoms. The van der Waals surface area contributed by atoms with Crippen molar-refractivity contribution in [1.29, 1.82) is 0 Å². The first-order valence-electron chi connectivity index (χ1n) is 11.1. The largest absolute Gasteiger partial charge is 0.488 e. The highest BCUT2D eigenvalue weighted by Crippen LogP contribution is 2.28. The van der Waals surface area contributed by atoms with Crippen molar-refractivity contribution in [3.8, 4) is 5.75 Å². The van der Waals surface area contributed by atoms with Gasteiger partial charge >= 0.3 is 0 Å². The van der Waals surface area contributed by atoms with Gasteiger partial charge in [0.25, 0.3) is 5.91 Å². The zero-order valence-corrected chi connectivity index (χ0v) is 17.9. The molecule has 2 aromatic rings. The van der Waals surface area contributed by atoms with Gasteiger partial charge < -0.3 is 14.5 Å². The molecule has 5 heteroatoms. The maximum atomic E-state index is 13.0. The highest BCUT2D eigenvalue weighted by atomic mass is 16.5. The molecule has 0 spiro atoms. The zero-order chi connectivity index (χ0) is 20.4. The Morgan fingerprint density at radius 1 is 1.03 bits per heavy atom. The molecule has 4 rings (SSSR count). The van der Waals surface area contributed by atoms with Gasteiger partial charge in [-0.15, -0.1) is 0 Å². The second kappa shape index (κ2) is 8.70. The summed E-state index contributed by atoms with van der Waals surface area (Å²) < 4.78 is 6.38. The van der Waals surface area contributed by atoms with Crippen LogP contribution in [-0.4, -0.2) is 59.0 Å². The predicted octanol–water partition coefficient (Wildman–Crippen LogP) is 4.36. The molecule has 156 valence electrons. The van der Waals surface area contributed by atoms with Gasteiger partial charge in [-0.3, -0.25) is 4.79 Å². The average Bonchev–Trinajstić information content (AvgIpc) is 2.74. The number of rotatable bonds is 4. The Bertz CT molecular complexity index is 850. The summed E-state index contributed by atoms with van der Waals surface area (Å²) in [5.41, 5.74) is 1.33. The van der Waals surface area contributed by atoms with Crippen LogP contribution < -0.4 is 4.74 Å². The molecule has 0 N–H and O–H groups in total. The minimum absolute atomic E-state index is 0.0406. The van der Waals surface area contributed by atoms with Crippen molar-refractivity contribution in [2.24, 2.45) is 5.92 Å². The number of hydrogen-bond acceptors (Lipinski definition) is 4. The van der Waals surface area contributed by atoms with E-state index in [1.165, 1.54) is 0 Å². The van der Waals surface area contributed by atoms with Gasteiger partial charge in [0.2, 0.25) is 0 Å². The summed E-state index contributed by atoms with van der Waals surface area (Å²) >= 11 is 0. The number of benzene rings is 1. The summed E-state index contributed by atoms with van der Waals surface area (Å²) in [6.07, 6.45) is 4.41. The second-order valence-electron chi connectivity index (χ2n) is 8.95. The number of para-hydroxylation sites is 1. The number of piperidine rings is 2. The van der Waals surface area contributed by atoms with Crippen LogP contribution in [0, 0.1) is 5.92 Å². The van der Waals surface area contributed by atoms with Crippen LogP contribution in [0.1, 0.15) is 56.9 Å². The molecule has 3 heterocycles. The van der Waals surface area contributed by atoms with E-state index in [-0.39, 0.29) is 12.0 Å². The Morgan fingerprint density at radius 2 is 1.76 bits per heavy atom. The molecule has 0 aliphatic carbocycles. The molecule has 2 saturated heterocycles. The van der Waals surface area contributed by atoms with Crippen molar-refractivity contribution >= 4 is 16.8 Å². The average molecular weight is 396 g/mol. The van der Waals surface area contributed by atoms with Gasteiger partial charge in [0.15, 0.2) is 0 Å². The Morgan fingerprint density at radius 3 is 2.45 bits per heavy atom. The molecule has 1 aromatic carbocycles. The summed E-state index contributed by atoms with van der Waals surface area (Å²) in [5.74, 6) is 1.54. The molecule has 1 aromatic heterocycles. The number of carbonyl (C=O) groups excluding carboxylic acids is 1. The van der Waals surface area contributed by atoms with Crippen molar-refractivity contribution in [2.45, 2.75) is 58.6 Å². The van der Waals surface area contributed by atoms with Crippen LogP contribution in [0.2, 0.25) is 0 Å². The highest BCUT2D eigenvalue weighted by molar-refractivity contribution is 5.96. The van der Waals surface area contributed by atoms with Crippen LogP contribution >= 0.6 is 0 Å². The minimum atomic E-state index is 0.0406. The van der Waals surface area contributed by atoms with E-state index in [0.717, 1.165) is 68.5 Å². The predicted molar refractivity (Wildman–Crippen MR) is 116 cm³/mol. The van der Waals surface area contributed by atoms with Crippen molar-refractivity contribution < 1.29 is 9.53 Å². The van der Waals surface area contributed by atoms with E-state index >= 15 is 0 Å². The number of pyridine rings is 1. The SMILES string of the molecule is CC1CCN(C(=O)c2ccc3cccc(OC4CCN(C(C)C)CC4)c3n2)CC1. The normalized spacial score (nSPS) is 19.8. The van der Waals surface area contributed by atoms with E-state index in [2.05, 4.69) is 25.7 Å². The molecule has 2 aliphatic rings. The molecule has 0 atom stereocenters. The number of likely N-dealkylation sites (tertiary alicyclic amines) is 2. The molecule has 5 nitrogen and oxygen atoms in total. The van der Waals surface area contributed by atoms with Crippen LogP contribution in [0.5, 0.6) is 5.75 Å². The number of carbonyl (C=O) groups is 1. The van der Waals surface area contributed by atoms with Crippen LogP contribution in [0.3, 0.4) is 0 Å². The topological polar surface area (TPSA) is 45.7 Å². The summed E-state index contributed by atoms with van der Waals surface area (Å²) in [6.45, 7) is 10.5. The van der Waals surface area contributed by atoms with Crippen molar-refractivity contribution in [3.05, 3.63) is 36.0 Å². The van der Waals surface area contributed by atoms with E-state index in [9.17, 15) is 4.79 Å². The fraction of sp³-hybridized carbons (Fsp3) is 0.583. The van der Waals surface area contributed by atoms with Crippen molar-refractivity contribution in [2.75, 3.05) is 26.2 Å². The summed E-state index contributed by atoms with van der Waals surface area (Å²) in [4.78, 5) is 22.2. The Balaban J connectivity index is 1.51. The summed E-state index contributed by atoms with van der Waals surface area (Å²) in [7, 11) is 0. The van der Waals surface area contributed by atoms with Crippen LogP contribution in [0.15, 0.2) is 30.3 Å². The lowest BCUT2D eigenvalue weighted by Gasteiger charge is -2.34. The molecule has 0 saturated carbocycles. The van der Waals surface area contributed by atoms with E-state index < -0.39 is 0 Å². The highest BCUT2D eigenvalue weighted by Gasteiger charge is 2.24. The first-order valence-corrected chi connectivity index (χ1v) is 11.1. The number of hydrogen-bond donors (Lipinski definition) is 0. The van der Waals surface area contributed by atoms with E-state index in [4.69, 9.17) is 9.72 Å². The van der Waals surface area contributed by atoms with Crippen LogP contribution in [0.4, 0.5) is 0 Å². The number of ether oxygens (including phenoxy) is 1. The van der Waals surface area contributed by atoms with Gasteiger partial charge in [-0.25, -0.2) is 4.98 Å². The van der Waals surface area contributed by atoms with Crippen molar-refractivity contribution in [3.63, 3.8) is 0 Å². The maximum Gasteiger partial charge on any atom is 0.272 e. The Kier molecular flexibility index (Phi) is 6.04. The molecule has 2 aliphatic heterocycles. The van der Waals surface area contributed by atoms with Crippen LogP contribution in [0.25, 0.3) is 10.9 Å². The van der Waals surface area contributed by atoms with Gasteiger partial charge in [-0.1, -0.05) is 25.1 Å². The minimum Gasteiger partial charge on any atom is -0.488 e. The number of aromatic nitrogens is 1. The molecule has 0 radical (unpaired) electrons. The fourth-order valence-electron chi connectivity index (χ4n) is 4.40. The van der Waals surface area contributed by atoms with Gasteiger partial charge in [0.1, 0.15) is 23.1 Å². The van der Waals surface area contributed by atoms with E-state index in [0.29, 0.717) is 17.7 Å². The summed E-state index contributed by atoms with van der Waals surface area (Å²) in [5, 5.41) is 1.02. The maximum absolute atomic E-state index is 13.0. The monoisotopic (exact) mass is 395 g/mol. The van der Waals surface area contributed by atoms with Crippen LogP contribution in [-0.2, 0) is 0 Å². The molecule has 2 fully saturated rings. The second-order valence-corrected chi connectivity index (χ2v) is 8.95. The smallest absolute Gasteiger partial charge is 0.272 e. The molecule has 1 amide bonds.